The molecule has 0 aliphatic carbocycles. The maximum absolute atomic E-state index is 13.6. The normalized spacial score (nSPS) is 18.0. The predicted octanol–water partition coefficient (Wildman–Crippen LogP) is 1.27. The molecule has 22 heavy (non-hydrogen) atoms. The zero-order valence-electron chi connectivity index (χ0n) is 12.0. The molecular weight excluding hydrogens is 313 g/mol. The molecule has 0 aromatic heterocycles. The third kappa shape index (κ3) is 4.63. The molecule has 1 aliphatic heterocycles. The summed E-state index contributed by atoms with van der Waals surface area (Å²) in [5, 5.41) is 13.4. The summed E-state index contributed by atoms with van der Waals surface area (Å²) < 4.78 is 36.2. The van der Waals surface area contributed by atoms with Gasteiger partial charge in [-0.3, -0.25) is 10.1 Å². The summed E-state index contributed by atoms with van der Waals surface area (Å²) in [6.07, 6.45) is 0.733. The van der Waals surface area contributed by atoms with Crippen LogP contribution in [0.3, 0.4) is 0 Å². The molecule has 0 radical (unpaired) electrons. The molecule has 0 spiro atoms. The van der Waals surface area contributed by atoms with E-state index in [1.54, 1.807) is 0 Å². The number of halogens is 1. The van der Waals surface area contributed by atoms with Gasteiger partial charge in [-0.15, -0.1) is 0 Å². The largest absolute Gasteiger partial charge is 0.383 e. The van der Waals surface area contributed by atoms with Crippen LogP contribution in [-0.2, 0) is 9.84 Å². The Morgan fingerprint density at radius 3 is 2.59 bits per heavy atom. The van der Waals surface area contributed by atoms with Gasteiger partial charge < -0.3 is 10.2 Å². The van der Waals surface area contributed by atoms with Crippen molar-refractivity contribution in [2.75, 3.05) is 43.0 Å². The standard InChI is InChI=1S/C13H18FN3O4S/c14-12-10-11(17(18)19)2-3-13(12)15-4-1-5-16-6-8-22(20,21)9-7-16/h2-3,10,15H,1,4-9H2. The van der Waals surface area contributed by atoms with Crippen molar-refractivity contribution in [2.45, 2.75) is 6.42 Å². The molecule has 2 rings (SSSR count). The summed E-state index contributed by atoms with van der Waals surface area (Å²) in [5.41, 5.74) is -0.0515. The number of hydrogen-bond acceptors (Lipinski definition) is 6. The molecule has 1 aliphatic rings. The molecule has 0 unspecified atom stereocenters. The van der Waals surface area contributed by atoms with E-state index in [1.807, 2.05) is 0 Å². The van der Waals surface area contributed by atoms with Gasteiger partial charge in [0.25, 0.3) is 5.69 Å². The lowest BCUT2D eigenvalue weighted by Crippen LogP contribution is -2.41. The van der Waals surface area contributed by atoms with Crippen molar-refractivity contribution in [1.29, 1.82) is 0 Å². The van der Waals surface area contributed by atoms with E-state index in [0.29, 0.717) is 19.6 Å². The van der Waals surface area contributed by atoms with Gasteiger partial charge in [-0.25, -0.2) is 12.8 Å². The van der Waals surface area contributed by atoms with Gasteiger partial charge in [-0.2, -0.15) is 0 Å². The average Bonchev–Trinajstić information content (AvgIpc) is 2.46. The average molecular weight is 331 g/mol. The smallest absolute Gasteiger partial charge is 0.272 e. The quantitative estimate of drug-likeness (QED) is 0.479. The van der Waals surface area contributed by atoms with Gasteiger partial charge in [-0.1, -0.05) is 0 Å². The van der Waals surface area contributed by atoms with E-state index in [1.165, 1.54) is 12.1 Å². The van der Waals surface area contributed by atoms with Gasteiger partial charge in [0, 0.05) is 25.7 Å². The fourth-order valence-electron chi connectivity index (χ4n) is 2.26. The maximum atomic E-state index is 13.6. The van der Waals surface area contributed by atoms with Gasteiger partial charge in [0.2, 0.25) is 0 Å². The minimum absolute atomic E-state index is 0.192. The topological polar surface area (TPSA) is 92.6 Å². The second kappa shape index (κ2) is 7.01. The van der Waals surface area contributed by atoms with Crippen molar-refractivity contribution in [3.8, 4) is 0 Å². The first-order valence-electron chi connectivity index (χ1n) is 6.98. The van der Waals surface area contributed by atoms with E-state index in [0.717, 1.165) is 19.0 Å². The van der Waals surface area contributed by atoms with Crippen LogP contribution in [-0.4, -0.2) is 55.9 Å². The number of nitrogens with zero attached hydrogens (tertiary/aromatic N) is 2. The van der Waals surface area contributed by atoms with Crippen molar-refractivity contribution < 1.29 is 17.7 Å². The molecule has 9 heteroatoms. The number of anilines is 1. The van der Waals surface area contributed by atoms with Gasteiger partial charge in [0.05, 0.1) is 28.2 Å². The summed E-state index contributed by atoms with van der Waals surface area (Å²) in [6, 6.07) is 3.49. The zero-order chi connectivity index (χ0) is 16.2. The van der Waals surface area contributed by atoms with E-state index in [-0.39, 0.29) is 22.9 Å². The second-order valence-electron chi connectivity index (χ2n) is 5.20. The van der Waals surface area contributed by atoms with Gasteiger partial charge in [0.1, 0.15) is 0 Å². The Balaban J connectivity index is 1.74. The molecule has 0 amide bonds. The molecule has 122 valence electrons. The van der Waals surface area contributed by atoms with Crippen LogP contribution in [0.1, 0.15) is 6.42 Å². The highest BCUT2D eigenvalue weighted by Crippen LogP contribution is 2.20. The number of nitro benzene ring substituents is 1. The molecule has 0 atom stereocenters. The van der Waals surface area contributed by atoms with E-state index < -0.39 is 20.6 Å². The van der Waals surface area contributed by atoms with E-state index in [2.05, 4.69) is 10.2 Å². The minimum atomic E-state index is -2.87. The van der Waals surface area contributed by atoms with Crippen molar-refractivity contribution in [3.05, 3.63) is 34.1 Å². The number of hydrogen-bond donors (Lipinski definition) is 1. The molecule has 0 saturated carbocycles. The summed E-state index contributed by atoms with van der Waals surface area (Å²) >= 11 is 0. The van der Waals surface area contributed by atoms with Crippen molar-refractivity contribution in [3.63, 3.8) is 0 Å². The molecular formula is C13H18FN3O4S. The highest BCUT2D eigenvalue weighted by atomic mass is 32.2. The summed E-state index contributed by atoms with van der Waals surface area (Å²) in [6.45, 7) is 2.32. The second-order valence-corrected chi connectivity index (χ2v) is 7.50. The molecule has 7 nitrogen and oxygen atoms in total. The number of rotatable bonds is 6. The maximum Gasteiger partial charge on any atom is 0.272 e. The van der Waals surface area contributed by atoms with Crippen molar-refractivity contribution >= 4 is 21.2 Å². The predicted molar refractivity (Wildman–Crippen MR) is 81.3 cm³/mol. The third-order valence-electron chi connectivity index (χ3n) is 3.57. The Kier molecular flexibility index (Phi) is 5.30. The van der Waals surface area contributed by atoms with Gasteiger partial charge in [-0.05, 0) is 19.0 Å². The number of non-ortho nitro benzene ring substituents is 1. The summed E-state index contributed by atoms with van der Waals surface area (Å²) in [5.74, 6) is -0.271. The monoisotopic (exact) mass is 331 g/mol. The number of sulfone groups is 1. The molecule has 1 aromatic carbocycles. The van der Waals surface area contributed by atoms with Crippen LogP contribution in [0.2, 0.25) is 0 Å². The van der Waals surface area contributed by atoms with Crippen LogP contribution in [0.15, 0.2) is 18.2 Å². The lowest BCUT2D eigenvalue weighted by atomic mass is 10.2. The first-order valence-corrected chi connectivity index (χ1v) is 8.80. The van der Waals surface area contributed by atoms with Crippen LogP contribution in [0, 0.1) is 15.9 Å². The summed E-state index contributed by atoms with van der Waals surface area (Å²) in [4.78, 5) is 11.9. The fraction of sp³-hybridized carbons (Fsp3) is 0.538. The van der Waals surface area contributed by atoms with E-state index >= 15 is 0 Å². The Morgan fingerprint density at radius 1 is 1.32 bits per heavy atom. The third-order valence-corrected chi connectivity index (χ3v) is 5.18. The minimum Gasteiger partial charge on any atom is -0.383 e. The summed E-state index contributed by atoms with van der Waals surface area (Å²) in [7, 11) is -2.87. The lowest BCUT2D eigenvalue weighted by molar-refractivity contribution is -0.385. The highest BCUT2D eigenvalue weighted by Gasteiger charge is 2.20. The van der Waals surface area contributed by atoms with Gasteiger partial charge >= 0.3 is 0 Å². The molecule has 1 N–H and O–H groups in total. The molecule has 1 saturated heterocycles. The zero-order valence-corrected chi connectivity index (χ0v) is 12.8. The Labute approximate surface area is 128 Å². The Bertz CT molecular complexity index is 637. The number of nitro groups is 1. The Morgan fingerprint density at radius 2 is 2.00 bits per heavy atom. The van der Waals surface area contributed by atoms with Crippen LogP contribution in [0.25, 0.3) is 0 Å². The van der Waals surface area contributed by atoms with Crippen molar-refractivity contribution in [1.82, 2.24) is 4.90 Å². The highest BCUT2D eigenvalue weighted by molar-refractivity contribution is 7.91. The number of benzene rings is 1. The van der Waals surface area contributed by atoms with Crippen LogP contribution in [0.5, 0.6) is 0 Å². The van der Waals surface area contributed by atoms with Gasteiger partial charge in [0.15, 0.2) is 15.7 Å². The van der Waals surface area contributed by atoms with E-state index in [9.17, 15) is 22.9 Å². The fourth-order valence-corrected chi connectivity index (χ4v) is 3.54. The van der Waals surface area contributed by atoms with Crippen LogP contribution in [0.4, 0.5) is 15.8 Å². The lowest BCUT2D eigenvalue weighted by Gasteiger charge is -2.26. The first kappa shape index (κ1) is 16.6. The van der Waals surface area contributed by atoms with Crippen molar-refractivity contribution in [2.24, 2.45) is 0 Å². The molecule has 1 heterocycles. The molecule has 0 bridgehead atoms. The molecule has 1 fully saturated rings. The van der Waals surface area contributed by atoms with Crippen LogP contribution < -0.4 is 5.32 Å². The van der Waals surface area contributed by atoms with Crippen LogP contribution >= 0.6 is 0 Å². The first-order chi connectivity index (χ1) is 10.4. The van der Waals surface area contributed by atoms with E-state index in [4.69, 9.17) is 0 Å². The Hall–Kier alpha value is -1.74. The molecule has 1 aromatic rings. The SMILES string of the molecule is O=[N+]([O-])c1ccc(NCCCN2CCS(=O)(=O)CC2)c(F)c1. The number of nitrogens with one attached hydrogen (secondary N) is 1.